The number of nitrogens with one attached hydrogen (secondary N) is 1. The van der Waals surface area contributed by atoms with E-state index < -0.39 is 17.5 Å². The molecular weight excluding hydrogens is 338 g/mol. The van der Waals surface area contributed by atoms with Gasteiger partial charge in [0, 0.05) is 13.1 Å². The molecule has 0 spiro atoms. The van der Waals surface area contributed by atoms with E-state index in [4.69, 9.17) is 9.47 Å². The second kappa shape index (κ2) is 6.95. The van der Waals surface area contributed by atoms with Crippen LogP contribution in [0, 0.1) is 0 Å². The van der Waals surface area contributed by atoms with Gasteiger partial charge in [-0.3, -0.25) is 14.5 Å². The zero-order valence-corrected chi connectivity index (χ0v) is 15.2. The molecule has 3 rings (SSSR count). The number of morpholine rings is 1. The molecule has 2 fully saturated rings. The lowest BCUT2D eigenvalue weighted by Crippen LogP contribution is -2.49. The summed E-state index contributed by atoms with van der Waals surface area (Å²) in [6, 6.07) is 6.34. The average molecular weight is 361 g/mol. The van der Waals surface area contributed by atoms with Gasteiger partial charge in [-0.2, -0.15) is 0 Å². The topological polar surface area (TPSA) is 88.2 Å². The van der Waals surface area contributed by atoms with Gasteiger partial charge in [0.15, 0.2) is 0 Å². The molecule has 1 aromatic rings. The molecule has 8 heteroatoms. The third-order valence-corrected chi connectivity index (χ3v) is 4.83. The van der Waals surface area contributed by atoms with Gasteiger partial charge in [0.05, 0.1) is 19.8 Å². The van der Waals surface area contributed by atoms with Crippen molar-refractivity contribution in [2.45, 2.75) is 25.5 Å². The van der Waals surface area contributed by atoms with Crippen LogP contribution in [0.2, 0.25) is 0 Å². The average Bonchev–Trinajstić information content (AvgIpc) is 2.86. The van der Waals surface area contributed by atoms with Gasteiger partial charge in [-0.05, 0) is 31.5 Å². The quantitative estimate of drug-likeness (QED) is 0.798. The van der Waals surface area contributed by atoms with Gasteiger partial charge in [0.25, 0.3) is 5.91 Å². The summed E-state index contributed by atoms with van der Waals surface area (Å²) in [4.78, 5) is 40.3. The first-order valence-electron chi connectivity index (χ1n) is 8.53. The molecule has 0 bridgehead atoms. The van der Waals surface area contributed by atoms with E-state index in [0.29, 0.717) is 31.0 Å². The number of benzene rings is 1. The van der Waals surface area contributed by atoms with E-state index in [1.165, 1.54) is 0 Å². The first-order chi connectivity index (χ1) is 12.3. The molecule has 2 heterocycles. The number of nitrogens with zero attached hydrogens (tertiary/aromatic N) is 2. The number of hydrogen-bond acceptors (Lipinski definition) is 5. The highest BCUT2D eigenvalue weighted by Crippen LogP contribution is 2.30. The molecule has 0 radical (unpaired) electrons. The van der Waals surface area contributed by atoms with Crippen molar-refractivity contribution in [2.75, 3.05) is 33.4 Å². The summed E-state index contributed by atoms with van der Waals surface area (Å²) >= 11 is 0. The van der Waals surface area contributed by atoms with Crippen LogP contribution in [-0.2, 0) is 19.9 Å². The molecule has 2 saturated heterocycles. The number of ether oxygens (including phenoxy) is 2. The largest absolute Gasteiger partial charge is 0.497 e. The maximum absolute atomic E-state index is 12.9. The van der Waals surface area contributed by atoms with Gasteiger partial charge in [-0.15, -0.1) is 0 Å². The fourth-order valence-corrected chi connectivity index (χ4v) is 3.24. The van der Waals surface area contributed by atoms with Crippen molar-refractivity contribution in [2.24, 2.45) is 0 Å². The molecular formula is C18H23N3O5. The van der Waals surface area contributed by atoms with E-state index >= 15 is 0 Å². The Bertz CT molecular complexity index is 720. The molecule has 0 aliphatic carbocycles. The number of carbonyl (C=O) groups is 3. The highest BCUT2D eigenvalue weighted by molar-refractivity contribution is 6.09. The molecule has 1 aromatic carbocycles. The molecule has 1 N–H and O–H groups in total. The Kier molecular flexibility index (Phi) is 4.86. The second-order valence-corrected chi connectivity index (χ2v) is 6.70. The Morgan fingerprint density at radius 3 is 2.65 bits per heavy atom. The molecule has 26 heavy (non-hydrogen) atoms. The number of hydrogen-bond donors (Lipinski definition) is 1. The van der Waals surface area contributed by atoms with Crippen LogP contribution in [0.25, 0.3) is 0 Å². The molecule has 2 aliphatic rings. The van der Waals surface area contributed by atoms with E-state index in [9.17, 15) is 14.4 Å². The van der Waals surface area contributed by atoms with Crippen molar-refractivity contribution in [3.05, 3.63) is 29.8 Å². The van der Waals surface area contributed by atoms with Crippen LogP contribution in [0.1, 0.15) is 19.4 Å². The molecule has 0 saturated carbocycles. The molecule has 2 aliphatic heterocycles. The molecule has 2 unspecified atom stereocenters. The number of urea groups is 1. The van der Waals surface area contributed by atoms with Crippen LogP contribution in [0.15, 0.2) is 24.3 Å². The number of rotatable bonds is 4. The molecule has 4 amide bonds. The van der Waals surface area contributed by atoms with Gasteiger partial charge in [-0.1, -0.05) is 12.1 Å². The van der Waals surface area contributed by atoms with Gasteiger partial charge < -0.3 is 19.7 Å². The van der Waals surface area contributed by atoms with E-state index in [1.54, 1.807) is 43.2 Å². The Morgan fingerprint density at radius 2 is 2.04 bits per heavy atom. The Morgan fingerprint density at radius 1 is 1.35 bits per heavy atom. The first kappa shape index (κ1) is 18.2. The zero-order chi connectivity index (χ0) is 18.9. The van der Waals surface area contributed by atoms with Gasteiger partial charge in [0.2, 0.25) is 5.91 Å². The number of carbonyl (C=O) groups excluding carboxylic acids is 3. The summed E-state index contributed by atoms with van der Waals surface area (Å²) in [5.41, 5.74) is -0.575. The fraction of sp³-hybridized carbons (Fsp3) is 0.500. The van der Waals surface area contributed by atoms with Crippen LogP contribution in [0.5, 0.6) is 5.75 Å². The predicted octanol–water partition coefficient (Wildman–Crippen LogP) is 0.710. The van der Waals surface area contributed by atoms with E-state index in [1.807, 2.05) is 6.92 Å². The Labute approximate surface area is 152 Å². The summed E-state index contributed by atoms with van der Waals surface area (Å²) in [7, 11) is 1.55. The zero-order valence-electron chi connectivity index (χ0n) is 15.2. The maximum Gasteiger partial charge on any atom is 0.325 e. The minimum Gasteiger partial charge on any atom is -0.497 e. The minimum absolute atomic E-state index is 0.0552. The van der Waals surface area contributed by atoms with E-state index in [-0.39, 0.29) is 18.6 Å². The van der Waals surface area contributed by atoms with Gasteiger partial charge in [-0.25, -0.2) is 4.79 Å². The summed E-state index contributed by atoms with van der Waals surface area (Å²) in [6.07, 6.45) is -0.0552. The van der Waals surface area contributed by atoms with Crippen LogP contribution < -0.4 is 10.1 Å². The molecule has 0 aromatic heterocycles. The SMILES string of the molecule is COc1ccc(C2(C)NC(=O)N(CC(=O)N3CCOC(C)C3)C2=O)cc1. The summed E-state index contributed by atoms with van der Waals surface area (Å²) < 4.78 is 10.5. The number of imide groups is 1. The van der Waals surface area contributed by atoms with Crippen LogP contribution >= 0.6 is 0 Å². The van der Waals surface area contributed by atoms with Gasteiger partial charge in [0.1, 0.15) is 17.8 Å². The van der Waals surface area contributed by atoms with Gasteiger partial charge >= 0.3 is 6.03 Å². The Hall–Kier alpha value is -2.61. The lowest BCUT2D eigenvalue weighted by Gasteiger charge is -2.32. The maximum atomic E-state index is 12.9. The second-order valence-electron chi connectivity index (χ2n) is 6.70. The standard InChI is InChI=1S/C18H23N3O5/c1-12-10-20(8-9-26-12)15(22)11-21-16(23)18(2,19-17(21)24)13-4-6-14(25-3)7-5-13/h4-7,12H,8-11H2,1-3H3,(H,19,24). The summed E-state index contributed by atoms with van der Waals surface area (Å²) in [6.45, 7) is 4.62. The molecule has 8 nitrogen and oxygen atoms in total. The summed E-state index contributed by atoms with van der Waals surface area (Å²) in [5, 5.41) is 2.70. The number of amides is 4. The summed E-state index contributed by atoms with van der Waals surface area (Å²) in [5.74, 6) is -0.0486. The van der Waals surface area contributed by atoms with Crippen molar-refractivity contribution < 1.29 is 23.9 Å². The normalized spacial score (nSPS) is 26.0. The van der Waals surface area contributed by atoms with E-state index in [2.05, 4.69) is 5.32 Å². The highest BCUT2D eigenvalue weighted by atomic mass is 16.5. The van der Waals surface area contributed by atoms with Crippen molar-refractivity contribution in [1.82, 2.24) is 15.1 Å². The molecule has 140 valence electrons. The monoisotopic (exact) mass is 361 g/mol. The lowest BCUT2D eigenvalue weighted by molar-refractivity contribution is -0.143. The number of methoxy groups -OCH3 is 1. The highest BCUT2D eigenvalue weighted by Gasteiger charge is 2.49. The van der Waals surface area contributed by atoms with Crippen LogP contribution in [0.4, 0.5) is 4.79 Å². The third kappa shape index (κ3) is 3.24. The van der Waals surface area contributed by atoms with Crippen molar-refractivity contribution in [3.63, 3.8) is 0 Å². The minimum atomic E-state index is -1.21. The predicted molar refractivity (Wildman–Crippen MR) is 92.6 cm³/mol. The van der Waals surface area contributed by atoms with Crippen LogP contribution in [-0.4, -0.2) is 67.1 Å². The molecule has 2 atom stereocenters. The fourth-order valence-electron chi connectivity index (χ4n) is 3.24. The first-order valence-corrected chi connectivity index (χ1v) is 8.53. The third-order valence-electron chi connectivity index (χ3n) is 4.83. The van der Waals surface area contributed by atoms with Crippen molar-refractivity contribution in [3.8, 4) is 5.75 Å². The lowest BCUT2D eigenvalue weighted by atomic mass is 9.92. The van der Waals surface area contributed by atoms with Crippen LogP contribution in [0.3, 0.4) is 0 Å². The van der Waals surface area contributed by atoms with Crippen molar-refractivity contribution >= 4 is 17.8 Å². The smallest absolute Gasteiger partial charge is 0.325 e. The Balaban J connectivity index is 1.74. The van der Waals surface area contributed by atoms with E-state index in [0.717, 1.165) is 4.90 Å². The van der Waals surface area contributed by atoms with Crippen molar-refractivity contribution in [1.29, 1.82) is 0 Å².